The number of amides is 1. The predicted molar refractivity (Wildman–Crippen MR) is 75.8 cm³/mol. The van der Waals surface area contributed by atoms with Gasteiger partial charge < -0.3 is 14.4 Å². The van der Waals surface area contributed by atoms with Crippen LogP contribution >= 0.6 is 0 Å². The first-order chi connectivity index (χ1) is 9.83. The van der Waals surface area contributed by atoms with Gasteiger partial charge in [0.2, 0.25) is 12.7 Å². The van der Waals surface area contributed by atoms with Crippen LogP contribution in [0.3, 0.4) is 0 Å². The van der Waals surface area contributed by atoms with Gasteiger partial charge in [-0.15, -0.1) is 0 Å². The summed E-state index contributed by atoms with van der Waals surface area (Å²) in [5.41, 5.74) is 1.20. The van der Waals surface area contributed by atoms with Crippen LogP contribution in [0.15, 0.2) is 30.4 Å². The zero-order valence-corrected chi connectivity index (χ0v) is 11.5. The fourth-order valence-corrected chi connectivity index (χ4v) is 2.57. The molecule has 0 saturated carbocycles. The van der Waals surface area contributed by atoms with Gasteiger partial charge >= 0.3 is 0 Å². The third kappa shape index (κ3) is 2.95. The Morgan fingerprint density at radius 3 is 2.85 bits per heavy atom. The Morgan fingerprint density at radius 2 is 2.00 bits per heavy atom. The number of fused-ring (bicyclic) bond motifs is 1. The lowest BCUT2D eigenvalue weighted by Gasteiger charge is -2.11. The number of nitrogens with zero attached hydrogens (tertiary/aromatic N) is 1. The topological polar surface area (TPSA) is 38.8 Å². The standard InChI is InChI=1S/C16H19NO3/c18-16(17-9-3-4-10-17)6-2-1-5-13-7-8-14-15(11-13)20-12-19-14/h2,6-8,11H,1,3-5,9-10,12H2/b6-2+. The maximum atomic E-state index is 11.8. The average Bonchev–Trinajstić information content (AvgIpc) is 3.13. The van der Waals surface area contributed by atoms with Crippen molar-refractivity contribution in [2.75, 3.05) is 19.9 Å². The minimum Gasteiger partial charge on any atom is -0.454 e. The summed E-state index contributed by atoms with van der Waals surface area (Å²) in [6.07, 6.45) is 7.71. The lowest BCUT2D eigenvalue weighted by atomic mass is 10.1. The number of rotatable bonds is 4. The summed E-state index contributed by atoms with van der Waals surface area (Å²) in [4.78, 5) is 13.7. The van der Waals surface area contributed by atoms with Gasteiger partial charge in [0.05, 0.1) is 0 Å². The van der Waals surface area contributed by atoms with Crippen molar-refractivity contribution >= 4 is 5.91 Å². The lowest BCUT2D eigenvalue weighted by Crippen LogP contribution is -2.25. The van der Waals surface area contributed by atoms with Crippen molar-refractivity contribution in [1.29, 1.82) is 0 Å². The van der Waals surface area contributed by atoms with Crippen molar-refractivity contribution in [2.24, 2.45) is 0 Å². The molecular formula is C16H19NO3. The first kappa shape index (κ1) is 13.0. The zero-order chi connectivity index (χ0) is 13.8. The Bertz CT molecular complexity index is 518. The summed E-state index contributed by atoms with van der Waals surface area (Å²) in [6, 6.07) is 6.00. The van der Waals surface area contributed by atoms with E-state index < -0.39 is 0 Å². The Morgan fingerprint density at radius 1 is 1.20 bits per heavy atom. The average molecular weight is 273 g/mol. The number of aryl methyl sites for hydroxylation is 1. The Kier molecular flexibility index (Phi) is 3.90. The summed E-state index contributed by atoms with van der Waals surface area (Å²) in [5, 5.41) is 0. The van der Waals surface area contributed by atoms with Crippen molar-refractivity contribution in [2.45, 2.75) is 25.7 Å². The van der Waals surface area contributed by atoms with E-state index in [0.717, 1.165) is 50.3 Å². The summed E-state index contributed by atoms with van der Waals surface area (Å²) < 4.78 is 10.6. The van der Waals surface area contributed by atoms with Gasteiger partial charge in [0.25, 0.3) is 0 Å². The van der Waals surface area contributed by atoms with Crippen LogP contribution < -0.4 is 9.47 Å². The molecule has 0 radical (unpaired) electrons. The quantitative estimate of drug-likeness (QED) is 0.791. The van der Waals surface area contributed by atoms with Crippen molar-refractivity contribution in [1.82, 2.24) is 4.90 Å². The van der Waals surface area contributed by atoms with Crippen LogP contribution in [-0.2, 0) is 11.2 Å². The summed E-state index contributed by atoms with van der Waals surface area (Å²) in [6.45, 7) is 2.12. The summed E-state index contributed by atoms with van der Waals surface area (Å²) in [7, 11) is 0. The molecule has 2 aliphatic rings. The van der Waals surface area contributed by atoms with Crippen LogP contribution in [0.1, 0.15) is 24.8 Å². The van der Waals surface area contributed by atoms with E-state index in [2.05, 4.69) is 0 Å². The van der Waals surface area contributed by atoms with E-state index >= 15 is 0 Å². The maximum absolute atomic E-state index is 11.8. The molecule has 4 nitrogen and oxygen atoms in total. The molecule has 0 spiro atoms. The number of allylic oxidation sites excluding steroid dienone is 1. The van der Waals surface area contributed by atoms with E-state index in [1.165, 1.54) is 5.56 Å². The first-order valence-corrected chi connectivity index (χ1v) is 7.17. The van der Waals surface area contributed by atoms with Gasteiger partial charge in [-0.1, -0.05) is 12.1 Å². The molecule has 1 aromatic carbocycles. The number of likely N-dealkylation sites (tertiary alicyclic amines) is 1. The molecule has 2 heterocycles. The van der Waals surface area contributed by atoms with Crippen LogP contribution in [0.2, 0.25) is 0 Å². The SMILES string of the molecule is O=C(/C=C/CCc1ccc2c(c1)OCO2)N1CCCC1. The molecular weight excluding hydrogens is 254 g/mol. The van der Waals surface area contributed by atoms with Crippen LogP contribution in [0.25, 0.3) is 0 Å². The van der Waals surface area contributed by atoms with E-state index in [0.29, 0.717) is 6.79 Å². The third-order valence-corrected chi connectivity index (χ3v) is 3.71. The highest BCUT2D eigenvalue weighted by Gasteiger charge is 2.15. The largest absolute Gasteiger partial charge is 0.454 e. The summed E-state index contributed by atoms with van der Waals surface area (Å²) in [5.74, 6) is 1.78. The molecule has 2 aliphatic heterocycles. The molecule has 1 saturated heterocycles. The second-order valence-corrected chi connectivity index (χ2v) is 5.16. The first-order valence-electron chi connectivity index (χ1n) is 7.17. The van der Waals surface area contributed by atoms with E-state index in [1.54, 1.807) is 6.08 Å². The number of ether oxygens (including phenoxy) is 2. The van der Waals surface area contributed by atoms with Crippen LogP contribution in [0, 0.1) is 0 Å². The molecule has 106 valence electrons. The Balaban J connectivity index is 1.48. The molecule has 0 atom stereocenters. The van der Waals surface area contributed by atoms with Crippen molar-refractivity contribution in [3.63, 3.8) is 0 Å². The molecule has 0 unspecified atom stereocenters. The zero-order valence-electron chi connectivity index (χ0n) is 11.5. The van der Waals surface area contributed by atoms with Gasteiger partial charge in [-0.05, 0) is 49.5 Å². The van der Waals surface area contributed by atoms with Gasteiger partial charge in [-0.3, -0.25) is 4.79 Å². The van der Waals surface area contributed by atoms with Crippen LogP contribution in [0.4, 0.5) is 0 Å². The molecule has 0 aliphatic carbocycles. The van der Waals surface area contributed by atoms with Gasteiger partial charge in [-0.25, -0.2) is 0 Å². The lowest BCUT2D eigenvalue weighted by molar-refractivity contribution is -0.125. The maximum Gasteiger partial charge on any atom is 0.246 e. The van der Waals surface area contributed by atoms with Crippen molar-refractivity contribution in [3.05, 3.63) is 35.9 Å². The molecule has 1 fully saturated rings. The molecule has 20 heavy (non-hydrogen) atoms. The van der Waals surface area contributed by atoms with Gasteiger partial charge in [-0.2, -0.15) is 0 Å². The highest BCUT2D eigenvalue weighted by Crippen LogP contribution is 2.32. The Labute approximate surface area is 119 Å². The van der Waals surface area contributed by atoms with Crippen LogP contribution in [0.5, 0.6) is 11.5 Å². The smallest absolute Gasteiger partial charge is 0.246 e. The fourth-order valence-electron chi connectivity index (χ4n) is 2.57. The highest BCUT2D eigenvalue weighted by atomic mass is 16.7. The van der Waals surface area contributed by atoms with E-state index in [-0.39, 0.29) is 5.91 Å². The molecule has 0 N–H and O–H groups in total. The van der Waals surface area contributed by atoms with Crippen molar-refractivity contribution in [3.8, 4) is 11.5 Å². The normalized spacial score (nSPS) is 17.1. The highest BCUT2D eigenvalue weighted by molar-refractivity contribution is 5.87. The molecule has 1 amide bonds. The molecule has 4 heteroatoms. The number of carbonyl (C=O) groups excluding carboxylic acids is 1. The predicted octanol–water partition coefficient (Wildman–Crippen LogP) is 2.53. The van der Waals surface area contributed by atoms with Gasteiger partial charge in [0.15, 0.2) is 11.5 Å². The van der Waals surface area contributed by atoms with Gasteiger partial charge in [0.1, 0.15) is 0 Å². The second-order valence-electron chi connectivity index (χ2n) is 5.16. The number of benzene rings is 1. The van der Waals surface area contributed by atoms with Crippen LogP contribution in [-0.4, -0.2) is 30.7 Å². The molecule has 0 aromatic heterocycles. The molecule has 0 bridgehead atoms. The number of hydrogen-bond donors (Lipinski definition) is 0. The minimum atomic E-state index is 0.146. The minimum absolute atomic E-state index is 0.146. The molecule has 3 rings (SSSR count). The van der Waals surface area contributed by atoms with Gasteiger partial charge in [0, 0.05) is 13.1 Å². The number of carbonyl (C=O) groups is 1. The van der Waals surface area contributed by atoms with Crippen molar-refractivity contribution < 1.29 is 14.3 Å². The third-order valence-electron chi connectivity index (χ3n) is 3.71. The number of hydrogen-bond acceptors (Lipinski definition) is 3. The Hall–Kier alpha value is -1.97. The molecule has 1 aromatic rings. The fraction of sp³-hybridized carbons (Fsp3) is 0.438. The van der Waals surface area contributed by atoms with E-state index in [9.17, 15) is 4.79 Å². The second kappa shape index (κ2) is 5.99. The van der Waals surface area contributed by atoms with E-state index in [1.807, 2.05) is 29.2 Å². The summed E-state index contributed by atoms with van der Waals surface area (Å²) >= 11 is 0. The monoisotopic (exact) mass is 273 g/mol. The van der Waals surface area contributed by atoms with E-state index in [4.69, 9.17) is 9.47 Å².